The van der Waals surface area contributed by atoms with Crippen LogP contribution in [0.15, 0.2) is 84.9 Å². The van der Waals surface area contributed by atoms with Crippen LogP contribution in [0.3, 0.4) is 0 Å². The van der Waals surface area contributed by atoms with Gasteiger partial charge in [0.2, 0.25) is 5.91 Å². The van der Waals surface area contributed by atoms with Crippen LogP contribution in [0.2, 0.25) is 0 Å². The third kappa shape index (κ3) is 5.31. The Balaban J connectivity index is 1.33. The third-order valence-corrected chi connectivity index (χ3v) is 5.49. The predicted octanol–water partition coefficient (Wildman–Crippen LogP) is 4.11. The smallest absolute Gasteiger partial charge is 0.253 e. The summed E-state index contributed by atoms with van der Waals surface area (Å²) in [5, 5.41) is 0. The van der Waals surface area contributed by atoms with E-state index in [1.807, 2.05) is 84.9 Å². The van der Waals surface area contributed by atoms with Crippen LogP contribution in [0.25, 0.3) is 11.1 Å². The fourth-order valence-electron chi connectivity index (χ4n) is 3.72. The maximum Gasteiger partial charge on any atom is 0.253 e. The van der Waals surface area contributed by atoms with E-state index in [9.17, 15) is 9.59 Å². The third-order valence-electron chi connectivity index (χ3n) is 5.49. The number of hydrogen-bond acceptors (Lipinski definition) is 3. The van der Waals surface area contributed by atoms with E-state index < -0.39 is 0 Å². The van der Waals surface area contributed by atoms with Gasteiger partial charge in [-0.15, -0.1) is 0 Å². The molecule has 1 saturated heterocycles. The minimum Gasteiger partial charge on any atom is -0.492 e. The number of amides is 2. The summed E-state index contributed by atoms with van der Waals surface area (Å²) in [5.41, 5.74) is 2.84. The van der Waals surface area contributed by atoms with Crippen LogP contribution in [0.1, 0.15) is 16.8 Å². The molecule has 0 aliphatic carbocycles. The SMILES string of the molecule is O=C1CCN(C(=O)c2ccc(-c3ccccc3)cc2)CCN1CCOc1ccccc1. The molecule has 3 aromatic rings. The first kappa shape index (κ1) is 20.7. The summed E-state index contributed by atoms with van der Waals surface area (Å²) in [6, 6.07) is 27.3. The molecule has 31 heavy (non-hydrogen) atoms. The Morgan fingerprint density at radius 2 is 1.42 bits per heavy atom. The van der Waals surface area contributed by atoms with Crippen molar-refractivity contribution in [1.82, 2.24) is 9.80 Å². The second-order valence-electron chi connectivity index (χ2n) is 7.53. The van der Waals surface area contributed by atoms with Gasteiger partial charge in [0.1, 0.15) is 12.4 Å². The van der Waals surface area contributed by atoms with Crippen molar-refractivity contribution in [3.05, 3.63) is 90.5 Å². The highest BCUT2D eigenvalue weighted by molar-refractivity contribution is 5.95. The number of rotatable bonds is 6. The van der Waals surface area contributed by atoms with Crippen molar-refractivity contribution in [1.29, 1.82) is 0 Å². The van der Waals surface area contributed by atoms with E-state index >= 15 is 0 Å². The van der Waals surface area contributed by atoms with Gasteiger partial charge in [-0.2, -0.15) is 0 Å². The number of hydrogen-bond donors (Lipinski definition) is 0. The number of carbonyl (C=O) groups is 2. The number of benzene rings is 3. The molecule has 0 aromatic heterocycles. The van der Waals surface area contributed by atoms with Gasteiger partial charge in [0.25, 0.3) is 5.91 Å². The van der Waals surface area contributed by atoms with Crippen molar-refractivity contribution in [3.8, 4) is 16.9 Å². The monoisotopic (exact) mass is 414 g/mol. The molecule has 5 heteroatoms. The van der Waals surface area contributed by atoms with Crippen LogP contribution in [-0.2, 0) is 4.79 Å². The molecular formula is C26H26N2O3. The van der Waals surface area contributed by atoms with E-state index in [1.165, 1.54) is 0 Å². The lowest BCUT2D eigenvalue weighted by atomic mass is 10.0. The van der Waals surface area contributed by atoms with E-state index in [4.69, 9.17) is 4.74 Å². The predicted molar refractivity (Wildman–Crippen MR) is 121 cm³/mol. The zero-order valence-corrected chi connectivity index (χ0v) is 17.4. The van der Waals surface area contributed by atoms with Crippen molar-refractivity contribution < 1.29 is 14.3 Å². The minimum absolute atomic E-state index is 0.0326. The largest absolute Gasteiger partial charge is 0.492 e. The Labute approximate surface area is 182 Å². The fourth-order valence-corrected chi connectivity index (χ4v) is 3.72. The molecule has 3 aromatic carbocycles. The summed E-state index contributed by atoms with van der Waals surface area (Å²) in [4.78, 5) is 29.0. The van der Waals surface area contributed by atoms with E-state index in [1.54, 1.807) is 9.80 Å². The molecule has 5 nitrogen and oxygen atoms in total. The second kappa shape index (κ2) is 9.94. The summed E-state index contributed by atoms with van der Waals surface area (Å²) in [5.74, 6) is 0.821. The molecule has 0 spiro atoms. The molecule has 0 radical (unpaired) electrons. The molecule has 0 N–H and O–H groups in total. The lowest BCUT2D eigenvalue weighted by molar-refractivity contribution is -0.130. The molecule has 0 bridgehead atoms. The van der Waals surface area contributed by atoms with E-state index in [2.05, 4.69) is 0 Å². The Morgan fingerprint density at radius 1 is 0.774 bits per heavy atom. The van der Waals surface area contributed by atoms with Crippen LogP contribution in [0.5, 0.6) is 5.75 Å². The number of nitrogens with zero attached hydrogens (tertiary/aromatic N) is 2. The maximum atomic E-state index is 13.0. The van der Waals surface area contributed by atoms with Crippen molar-refractivity contribution >= 4 is 11.8 Å². The highest BCUT2D eigenvalue weighted by Gasteiger charge is 2.24. The second-order valence-corrected chi connectivity index (χ2v) is 7.53. The highest BCUT2D eigenvalue weighted by atomic mass is 16.5. The van der Waals surface area contributed by atoms with Crippen molar-refractivity contribution in [2.45, 2.75) is 6.42 Å². The van der Waals surface area contributed by atoms with Gasteiger partial charge in [-0.05, 0) is 35.4 Å². The quantitative estimate of drug-likeness (QED) is 0.610. The van der Waals surface area contributed by atoms with Crippen LogP contribution >= 0.6 is 0 Å². The topological polar surface area (TPSA) is 49.9 Å². The van der Waals surface area contributed by atoms with Gasteiger partial charge in [-0.1, -0.05) is 60.7 Å². The van der Waals surface area contributed by atoms with E-state index in [0.717, 1.165) is 16.9 Å². The van der Waals surface area contributed by atoms with Crippen LogP contribution < -0.4 is 4.74 Å². The lowest BCUT2D eigenvalue weighted by Gasteiger charge is -2.22. The first-order valence-corrected chi connectivity index (χ1v) is 10.6. The van der Waals surface area contributed by atoms with Crippen LogP contribution in [0, 0.1) is 0 Å². The van der Waals surface area contributed by atoms with Gasteiger partial charge in [0, 0.05) is 31.6 Å². The summed E-state index contributed by atoms with van der Waals surface area (Å²) in [6.07, 6.45) is 0.333. The summed E-state index contributed by atoms with van der Waals surface area (Å²) in [7, 11) is 0. The minimum atomic E-state index is -0.0326. The molecule has 0 saturated carbocycles. The van der Waals surface area contributed by atoms with Gasteiger partial charge >= 0.3 is 0 Å². The molecule has 1 heterocycles. The first-order chi connectivity index (χ1) is 15.2. The lowest BCUT2D eigenvalue weighted by Crippen LogP contribution is -2.37. The van der Waals surface area contributed by atoms with Gasteiger partial charge in [-0.25, -0.2) is 0 Å². The molecule has 1 aliphatic rings. The molecule has 0 atom stereocenters. The summed E-state index contributed by atoms with van der Waals surface area (Å²) >= 11 is 0. The summed E-state index contributed by atoms with van der Waals surface area (Å²) < 4.78 is 5.71. The zero-order valence-electron chi connectivity index (χ0n) is 17.4. The van der Waals surface area contributed by atoms with Gasteiger partial charge < -0.3 is 14.5 Å². The number of para-hydroxylation sites is 1. The molecule has 1 aliphatic heterocycles. The highest BCUT2D eigenvalue weighted by Crippen LogP contribution is 2.20. The number of ether oxygens (including phenoxy) is 1. The summed E-state index contributed by atoms with van der Waals surface area (Å²) in [6.45, 7) is 2.43. The molecule has 2 amide bonds. The maximum absolute atomic E-state index is 13.0. The van der Waals surface area contributed by atoms with E-state index in [0.29, 0.717) is 44.8 Å². The molecule has 0 unspecified atom stereocenters. The Morgan fingerprint density at radius 3 is 2.13 bits per heavy atom. The first-order valence-electron chi connectivity index (χ1n) is 10.6. The standard InChI is InChI=1S/C26H26N2O3/c29-25-15-16-28(18-17-27(25)19-20-31-24-9-5-2-6-10-24)26(30)23-13-11-22(12-14-23)21-7-3-1-4-8-21/h1-14H,15-20H2. The fraction of sp³-hybridized carbons (Fsp3) is 0.231. The normalized spacial score (nSPS) is 14.3. The van der Waals surface area contributed by atoms with Gasteiger partial charge in [0.05, 0.1) is 6.54 Å². The van der Waals surface area contributed by atoms with Crippen molar-refractivity contribution in [2.75, 3.05) is 32.8 Å². The Bertz CT molecular complexity index is 1000. The number of carbonyl (C=O) groups excluding carboxylic acids is 2. The van der Waals surface area contributed by atoms with E-state index in [-0.39, 0.29) is 11.8 Å². The van der Waals surface area contributed by atoms with Crippen molar-refractivity contribution in [2.24, 2.45) is 0 Å². The molecule has 1 fully saturated rings. The van der Waals surface area contributed by atoms with Crippen LogP contribution in [-0.4, -0.2) is 54.4 Å². The Kier molecular flexibility index (Phi) is 6.62. The molecule has 158 valence electrons. The molecule has 4 rings (SSSR count). The van der Waals surface area contributed by atoms with Gasteiger partial charge in [-0.3, -0.25) is 9.59 Å². The van der Waals surface area contributed by atoms with Gasteiger partial charge in [0.15, 0.2) is 0 Å². The zero-order chi connectivity index (χ0) is 21.5. The van der Waals surface area contributed by atoms with Crippen molar-refractivity contribution in [3.63, 3.8) is 0 Å². The average molecular weight is 415 g/mol. The molecular weight excluding hydrogens is 388 g/mol. The Hall–Kier alpha value is -3.60. The van der Waals surface area contributed by atoms with Crippen LogP contribution in [0.4, 0.5) is 0 Å². The average Bonchev–Trinajstić information content (AvgIpc) is 3.01.